The lowest BCUT2D eigenvalue weighted by Gasteiger charge is -2.22. The summed E-state index contributed by atoms with van der Waals surface area (Å²) in [5.41, 5.74) is -0.282. The van der Waals surface area contributed by atoms with E-state index in [1.165, 1.54) is 6.07 Å². The molecular weight excluding hydrogens is 293 g/mol. The lowest BCUT2D eigenvalue weighted by Crippen LogP contribution is -2.38. The molecule has 0 heterocycles. The van der Waals surface area contributed by atoms with E-state index in [1.807, 2.05) is 0 Å². The third kappa shape index (κ3) is 5.97. The van der Waals surface area contributed by atoms with Crippen molar-refractivity contribution in [1.29, 1.82) is 0 Å². The first kappa shape index (κ1) is 18.3. The number of benzene rings is 1. The molecule has 1 aromatic carbocycles. The highest BCUT2D eigenvalue weighted by atomic mass is 19.1. The van der Waals surface area contributed by atoms with Crippen molar-refractivity contribution in [2.45, 2.75) is 45.2 Å². The summed E-state index contributed by atoms with van der Waals surface area (Å²) in [6, 6.07) is 3.56. The van der Waals surface area contributed by atoms with Gasteiger partial charge in [0.2, 0.25) is 0 Å². The number of alkyl carbamates (subject to hydrolysis) is 1. The van der Waals surface area contributed by atoms with E-state index in [4.69, 9.17) is 9.84 Å². The van der Waals surface area contributed by atoms with Crippen LogP contribution in [0.3, 0.4) is 0 Å². The van der Waals surface area contributed by atoms with Crippen LogP contribution < -0.4 is 5.32 Å². The average Bonchev–Trinajstić information content (AvgIpc) is 2.41. The van der Waals surface area contributed by atoms with Crippen molar-refractivity contribution in [2.75, 3.05) is 6.54 Å². The van der Waals surface area contributed by atoms with Crippen LogP contribution in [-0.2, 0) is 11.3 Å². The molecule has 7 heteroatoms. The van der Waals surface area contributed by atoms with Crippen LogP contribution in [0.5, 0.6) is 0 Å². The first-order valence-corrected chi connectivity index (χ1v) is 6.85. The number of carbonyl (C=O) groups is 1. The number of carbonyl (C=O) groups excluding carboxylic acids is 1. The molecular formula is C15H22FNO5. The molecule has 2 atom stereocenters. The smallest absolute Gasteiger partial charge is 0.407 e. The Hall–Kier alpha value is -1.70. The summed E-state index contributed by atoms with van der Waals surface area (Å²) < 4.78 is 18.3. The van der Waals surface area contributed by atoms with E-state index < -0.39 is 29.7 Å². The number of rotatable bonds is 5. The number of aliphatic hydroxyl groups is 3. The number of amides is 1. The second-order valence-electron chi connectivity index (χ2n) is 5.95. The van der Waals surface area contributed by atoms with Crippen LogP contribution in [0.25, 0.3) is 0 Å². The van der Waals surface area contributed by atoms with Gasteiger partial charge in [-0.2, -0.15) is 0 Å². The van der Waals surface area contributed by atoms with E-state index in [0.717, 1.165) is 12.1 Å². The molecule has 0 bridgehead atoms. The third-order valence-electron chi connectivity index (χ3n) is 2.72. The van der Waals surface area contributed by atoms with Gasteiger partial charge in [0.15, 0.2) is 0 Å². The summed E-state index contributed by atoms with van der Waals surface area (Å²) in [7, 11) is 0. The van der Waals surface area contributed by atoms with E-state index in [0.29, 0.717) is 0 Å². The molecule has 0 aliphatic heterocycles. The first-order valence-electron chi connectivity index (χ1n) is 6.85. The van der Waals surface area contributed by atoms with Crippen LogP contribution in [0.4, 0.5) is 9.18 Å². The Kier molecular flexibility index (Phi) is 6.28. The molecule has 2 unspecified atom stereocenters. The van der Waals surface area contributed by atoms with E-state index in [-0.39, 0.29) is 24.3 Å². The molecule has 22 heavy (non-hydrogen) atoms. The number of hydrogen-bond donors (Lipinski definition) is 4. The summed E-state index contributed by atoms with van der Waals surface area (Å²) >= 11 is 0. The van der Waals surface area contributed by atoms with Gasteiger partial charge in [-0.05, 0) is 44.0 Å². The maximum absolute atomic E-state index is 13.3. The van der Waals surface area contributed by atoms with Crippen molar-refractivity contribution >= 4 is 6.09 Å². The second-order valence-corrected chi connectivity index (χ2v) is 5.95. The summed E-state index contributed by atoms with van der Waals surface area (Å²) in [5, 5.41) is 31.2. The van der Waals surface area contributed by atoms with Gasteiger partial charge >= 0.3 is 6.09 Å². The van der Waals surface area contributed by atoms with Gasteiger partial charge in [0.1, 0.15) is 23.6 Å². The number of halogens is 1. The molecule has 124 valence electrons. The molecule has 6 nitrogen and oxygen atoms in total. The van der Waals surface area contributed by atoms with Crippen molar-refractivity contribution < 1.29 is 29.2 Å². The highest BCUT2D eigenvalue weighted by Gasteiger charge is 2.22. The number of ether oxygens (including phenoxy) is 1. The van der Waals surface area contributed by atoms with Crippen LogP contribution in [0.2, 0.25) is 0 Å². The third-order valence-corrected chi connectivity index (χ3v) is 2.72. The fourth-order valence-electron chi connectivity index (χ4n) is 1.77. The van der Waals surface area contributed by atoms with Gasteiger partial charge < -0.3 is 25.4 Å². The predicted molar refractivity (Wildman–Crippen MR) is 77.5 cm³/mol. The minimum Gasteiger partial charge on any atom is -0.444 e. The molecule has 0 fully saturated rings. The SMILES string of the molecule is CC(C)(C)OC(=O)NCC(O)C(O)c1cc(F)cc(CO)c1. The van der Waals surface area contributed by atoms with Gasteiger partial charge in [0.05, 0.1) is 6.61 Å². The lowest BCUT2D eigenvalue weighted by molar-refractivity contribution is 0.0127. The first-order chi connectivity index (χ1) is 10.1. The van der Waals surface area contributed by atoms with Gasteiger partial charge in [-0.25, -0.2) is 9.18 Å². The molecule has 1 rings (SSSR count). The fourth-order valence-corrected chi connectivity index (χ4v) is 1.77. The number of nitrogens with one attached hydrogen (secondary N) is 1. The maximum Gasteiger partial charge on any atom is 0.407 e. The molecule has 0 saturated heterocycles. The second kappa shape index (κ2) is 7.53. The zero-order valence-corrected chi connectivity index (χ0v) is 12.8. The van der Waals surface area contributed by atoms with E-state index in [2.05, 4.69) is 5.32 Å². The van der Waals surface area contributed by atoms with Crippen molar-refractivity contribution in [3.8, 4) is 0 Å². The van der Waals surface area contributed by atoms with Gasteiger partial charge in [0.25, 0.3) is 0 Å². The zero-order chi connectivity index (χ0) is 16.9. The largest absolute Gasteiger partial charge is 0.444 e. The van der Waals surface area contributed by atoms with Crippen LogP contribution >= 0.6 is 0 Å². The Morgan fingerprint density at radius 3 is 2.50 bits per heavy atom. The quantitative estimate of drug-likeness (QED) is 0.655. The Balaban J connectivity index is 2.63. The minimum atomic E-state index is -1.41. The summed E-state index contributed by atoms with van der Waals surface area (Å²) in [4.78, 5) is 11.5. The topological polar surface area (TPSA) is 99.0 Å². The molecule has 0 saturated carbocycles. The average molecular weight is 315 g/mol. The van der Waals surface area contributed by atoms with Crippen molar-refractivity contribution in [3.63, 3.8) is 0 Å². The van der Waals surface area contributed by atoms with E-state index >= 15 is 0 Å². The number of aliphatic hydroxyl groups excluding tert-OH is 3. The molecule has 0 radical (unpaired) electrons. The van der Waals surface area contributed by atoms with Crippen LogP contribution in [-0.4, -0.2) is 39.7 Å². The molecule has 0 aliphatic carbocycles. The van der Waals surface area contributed by atoms with Gasteiger partial charge in [-0.1, -0.05) is 6.07 Å². The molecule has 1 amide bonds. The summed E-state index contributed by atoms with van der Waals surface area (Å²) in [6.07, 6.45) is -3.48. The lowest BCUT2D eigenvalue weighted by atomic mass is 10.0. The minimum absolute atomic E-state index is 0.113. The fraction of sp³-hybridized carbons (Fsp3) is 0.533. The predicted octanol–water partition coefficient (Wildman–Crippen LogP) is 1.24. The molecule has 4 N–H and O–H groups in total. The highest BCUT2D eigenvalue weighted by Crippen LogP contribution is 2.20. The van der Waals surface area contributed by atoms with Gasteiger partial charge in [0, 0.05) is 6.54 Å². The molecule has 0 aromatic heterocycles. The Morgan fingerprint density at radius 1 is 1.32 bits per heavy atom. The van der Waals surface area contributed by atoms with Crippen molar-refractivity contribution in [2.24, 2.45) is 0 Å². The Morgan fingerprint density at radius 2 is 1.95 bits per heavy atom. The van der Waals surface area contributed by atoms with Crippen LogP contribution in [0.15, 0.2) is 18.2 Å². The summed E-state index contributed by atoms with van der Waals surface area (Å²) in [5.74, 6) is -0.632. The summed E-state index contributed by atoms with van der Waals surface area (Å²) in [6.45, 7) is 4.44. The van der Waals surface area contributed by atoms with Gasteiger partial charge in [-0.15, -0.1) is 0 Å². The van der Waals surface area contributed by atoms with Crippen molar-refractivity contribution in [3.05, 3.63) is 35.1 Å². The Bertz CT molecular complexity index is 515. The highest BCUT2D eigenvalue weighted by molar-refractivity contribution is 5.67. The molecule has 0 spiro atoms. The zero-order valence-electron chi connectivity index (χ0n) is 12.8. The molecule has 1 aromatic rings. The van der Waals surface area contributed by atoms with E-state index in [1.54, 1.807) is 20.8 Å². The van der Waals surface area contributed by atoms with Crippen LogP contribution in [0.1, 0.15) is 38.0 Å². The normalized spacial score (nSPS) is 14.3. The maximum atomic E-state index is 13.3. The van der Waals surface area contributed by atoms with E-state index in [9.17, 15) is 19.4 Å². The standard InChI is InChI=1S/C15H22FNO5/c1-15(2,3)22-14(21)17-7-12(19)13(20)10-4-9(8-18)5-11(16)6-10/h4-6,12-13,18-20H,7-8H2,1-3H3,(H,17,21). The van der Waals surface area contributed by atoms with Crippen LogP contribution in [0, 0.1) is 5.82 Å². The monoisotopic (exact) mass is 315 g/mol. The van der Waals surface area contributed by atoms with Gasteiger partial charge in [-0.3, -0.25) is 0 Å². The molecule has 0 aliphatic rings. The number of hydrogen-bond acceptors (Lipinski definition) is 5. The Labute approximate surface area is 128 Å². The van der Waals surface area contributed by atoms with Crippen molar-refractivity contribution in [1.82, 2.24) is 5.32 Å².